The Morgan fingerprint density at radius 2 is 1.96 bits per heavy atom. The van der Waals surface area contributed by atoms with Gasteiger partial charge in [-0.25, -0.2) is 0 Å². The lowest BCUT2D eigenvalue weighted by molar-refractivity contribution is -0.133. The molecule has 3 atom stereocenters. The van der Waals surface area contributed by atoms with Gasteiger partial charge in [-0.05, 0) is 44.7 Å². The monoisotopic (exact) mass is 346 g/mol. The molecular formula is C20H30N2O3. The Balaban J connectivity index is 1.54. The molecule has 1 aromatic rings. The van der Waals surface area contributed by atoms with Crippen molar-refractivity contribution < 1.29 is 14.6 Å². The summed E-state index contributed by atoms with van der Waals surface area (Å²) >= 11 is 0. The van der Waals surface area contributed by atoms with Gasteiger partial charge in [0.15, 0.2) is 0 Å². The number of hydrogen-bond donors (Lipinski definition) is 1. The van der Waals surface area contributed by atoms with E-state index in [2.05, 4.69) is 23.6 Å². The van der Waals surface area contributed by atoms with Crippen LogP contribution in [0.3, 0.4) is 0 Å². The minimum absolute atomic E-state index is 0.208. The third kappa shape index (κ3) is 4.73. The molecule has 5 nitrogen and oxygen atoms in total. The molecule has 2 fully saturated rings. The SMILES string of the molecule is CC1CN(CC2CCCN2C(=O)CCc2ccccc2O)CC(C)O1. The lowest BCUT2D eigenvalue weighted by atomic mass is 10.1. The van der Waals surface area contributed by atoms with E-state index in [1.54, 1.807) is 6.07 Å². The minimum Gasteiger partial charge on any atom is -0.508 e. The molecule has 0 spiro atoms. The number of aromatic hydroxyl groups is 1. The Labute approximate surface area is 150 Å². The Morgan fingerprint density at radius 1 is 1.24 bits per heavy atom. The first kappa shape index (κ1) is 18.2. The zero-order valence-electron chi connectivity index (χ0n) is 15.4. The maximum Gasteiger partial charge on any atom is 0.223 e. The smallest absolute Gasteiger partial charge is 0.223 e. The highest BCUT2D eigenvalue weighted by molar-refractivity contribution is 5.77. The van der Waals surface area contributed by atoms with Gasteiger partial charge in [0.2, 0.25) is 5.91 Å². The number of morpholine rings is 1. The number of para-hydroxylation sites is 1. The molecule has 2 aliphatic heterocycles. The average Bonchev–Trinajstić information content (AvgIpc) is 3.01. The molecule has 5 heteroatoms. The number of carbonyl (C=O) groups is 1. The van der Waals surface area contributed by atoms with E-state index >= 15 is 0 Å². The number of phenolic OH excluding ortho intramolecular Hbond substituents is 1. The number of likely N-dealkylation sites (tertiary alicyclic amines) is 1. The van der Waals surface area contributed by atoms with Crippen molar-refractivity contribution in [2.24, 2.45) is 0 Å². The molecule has 1 N–H and O–H groups in total. The number of amides is 1. The second kappa shape index (κ2) is 8.19. The van der Waals surface area contributed by atoms with Crippen LogP contribution in [0.25, 0.3) is 0 Å². The number of benzene rings is 1. The van der Waals surface area contributed by atoms with E-state index in [0.717, 1.165) is 44.6 Å². The number of carbonyl (C=O) groups excluding carboxylic acids is 1. The second-order valence-corrected chi connectivity index (χ2v) is 7.49. The number of rotatable bonds is 5. The van der Waals surface area contributed by atoms with Gasteiger partial charge >= 0.3 is 0 Å². The normalized spacial score (nSPS) is 27.6. The van der Waals surface area contributed by atoms with Crippen LogP contribution < -0.4 is 0 Å². The lowest BCUT2D eigenvalue weighted by Crippen LogP contribution is -2.50. The van der Waals surface area contributed by atoms with E-state index in [9.17, 15) is 9.90 Å². The predicted octanol–water partition coefficient (Wildman–Crippen LogP) is 2.42. The van der Waals surface area contributed by atoms with Crippen LogP contribution >= 0.6 is 0 Å². The minimum atomic E-state index is 0.208. The molecule has 1 aromatic carbocycles. The second-order valence-electron chi connectivity index (χ2n) is 7.49. The van der Waals surface area contributed by atoms with Gasteiger partial charge in [-0.15, -0.1) is 0 Å². The molecule has 0 saturated carbocycles. The van der Waals surface area contributed by atoms with Gasteiger partial charge in [-0.1, -0.05) is 18.2 Å². The Kier molecular flexibility index (Phi) is 5.97. The molecule has 0 radical (unpaired) electrons. The summed E-state index contributed by atoms with van der Waals surface area (Å²) in [6.07, 6.45) is 3.75. The zero-order valence-corrected chi connectivity index (χ0v) is 15.4. The van der Waals surface area contributed by atoms with E-state index in [0.29, 0.717) is 18.9 Å². The van der Waals surface area contributed by atoms with Gasteiger partial charge in [0, 0.05) is 38.6 Å². The van der Waals surface area contributed by atoms with E-state index in [1.165, 1.54) is 0 Å². The fraction of sp³-hybridized carbons (Fsp3) is 0.650. The van der Waals surface area contributed by atoms with Crippen LogP contribution in [0.15, 0.2) is 24.3 Å². The van der Waals surface area contributed by atoms with E-state index < -0.39 is 0 Å². The summed E-state index contributed by atoms with van der Waals surface area (Å²) in [4.78, 5) is 17.2. The fourth-order valence-corrected chi connectivity index (χ4v) is 4.19. The topological polar surface area (TPSA) is 53.0 Å². The summed E-state index contributed by atoms with van der Waals surface area (Å²) < 4.78 is 5.81. The first-order valence-corrected chi connectivity index (χ1v) is 9.47. The fourth-order valence-electron chi connectivity index (χ4n) is 4.19. The van der Waals surface area contributed by atoms with Crippen LogP contribution in [-0.2, 0) is 16.0 Å². The maximum atomic E-state index is 12.7. The molecule has 3 rings (SSSR count). The van der Waals surface area contributed by atoms with Crippen molar-refractivity contribution >= 4 is 5.91 Å². The van der Waals surface area contributed by atoms with Gasteiger partial charge in [-0.3, -0.25) is 9.69 Å². The molecule has 2 heterocycles. The molecule has 1 amide bonds. The average molecular weight is 346 g/mol. The standard InChI is InChI=1S/C20H30N2O3/c1-15-12-21(13-16(2)25-15)14-18-7-5-11-22(18)20(24)10-9-17-6-3-4-8-19(17)23/h3-4,6,8,15-16,18,23H,5,7,9-14H2,1-2H3. The molecule has 25 heavy (non-hydrogen) atoms. The van der Waals surface area contributed by atoms with Crippen molar-refractivity contribution in [2.75, 3.05) is 26.2 Å². The molecule has 138 valence electrons. The summed E-state index contributed by atoms with van der Waals surface area (Å²) in [6.45, 7) is 7.93. The third-order valence-electron chi connectivity index (χ3n) is 5.26. The molecule has 0 aromatic heterocycles. The zero-order chi connectivity index (χ0) is 17.8. The number of nitrogens with zero attached hydrogens (tertiary/aromatic N) is 2. The number of phenols is 1. The van der Waals surface area contributed by atoms with Crippen molar-refractivity contribution in [3.05, 3.63) is 29.8 Å². The van der Waals surface area contributed by atoms with Crippen molar-refractivity contribution in [2.45, 2.75) is 57.8 Å². The first-order chi connectivity index (χ1) is 12.0. The molecule has 3 unspecified atom stereocenters. The van der Waals surface area contributed by atoms with Crippen molar-refractivity contribution in [3.63, 3.8) is 0 Å². The van der Waals surface area contributed by atoms with Gasteiger partial charge in [0.25, 0.3) is 0 Å². The highest BCUT2D eigenvalue weighted by Gasteiger charge is 2.32. The molecule has 2 saturated heterocycles. The summed E-state index contributed by atoms with van der Waals surface area (Å²) in [5.74, 6) is 0.490. The first-order valence-electron chi connectivity index (χ1n) is 9.47. The summed E-state index contributed by atoms with van der Waals surface area (Å²) in [7, 11) is 0. The van der Waals surface area contributed by atoms with Gasteiger partial charge < -0.3 is 14.7 Å². The van der Waals surface area contributed by atoms with Gasteiger partial charge in [-0.2, -0.15) is 0 Å². The van der Waals surface area contributed by atoms with E-state index in [-0.39, 0.29) is 23.9 Å². The van der Waals surface area contributed by atoms with Gasteiger partial charge in [0.05, 0.1) is 12.2 Å². The molecular weight excluding hydrogens is 316 g/mol. The summed E-state index contributed by atoms with van der Waals surface area (Å²) in [6, 6.07) is 7.59. The highest BCUT2D eigenvalue weighted by atomic mass is 16.5. The molecule has 0 bridgehead atoms. The molecule has 2 aliphatic rings. The number of ether oxygens (including phenoxy) is 1. The van der Waals surface area contributed by atoms with Crippen LogP contribution in [0.2, 0.25) is 0 Å². The van der Waals surface area contributed by atoms with Crippen molar-refractivity contribution in [1.29, 1.82) is 0 Å². The Bertz CT molecular complexity index is 582. The lowest BCUT2D eigenvalue weighted by Gasteiger charge is -2.38. The maximum absolute atomic E-state index is 12.7. The van der Waals surface area contributed by atoms with Crippen LogP contribution in [0.1, 0.15) is 38.7 Å². The van der Waals surface area contributed by atoms with E-state index in [1.807, 2.05) is 18.2 Å². The summed E-state index contributed by atoms with van der Waals surface area (Å²) in [5.41, 5.74) is 0.849. The molecule has 0 aliphatic carbocycles. The quantitative estimate of drug-likeness (QED) is 0.890. The summed E-state index contributed by atoms with van der Waals surface area (Å²) in [5, 5.41) is 9.86. The van der Waals surface area contributed by atoms with Crippen LogP contribution in [0, 0.1) is 0 Å². The van der Waals surface area contributed by atoms with E-state index in [4.69, 9.17) is 4.74 Å². The Morgan fingerprint density at radius 3 is 2.68 bits per heavy atom. The van der Waals surface area contributed by atoms with Crippen molar-refractivity contribution in [3.8, 4) is 5.75 Å². The largest absolute Gasteiger partial charge is 0.508 e. The van der Waals surface area contributed by atoms with Gasteiger partial charge in [0.1, 0.15) is 5.75 Å². The highest BCUT2D eigenvalue weighted by Crippen LogP contribution is 2.23. The van der Waals surface area contributed by atoms with Crippen LogP contribution in [0.5, 0.6) is 5.75 Å². The predicted molar refractivity (Wildman–Crippen MR) is 97.6 cm³/mol. The van der Waals surface area contributed by atoms with Crippen LogP contribution in [-0.4, -0.2) is 65.2 Å². The third-order valence-corrected chi connectivity index (χ3v) is 5.26. The number of aryl methyl sites for hydroxylation is 1. The van der Waals surface area contributed by atoms with Crippen molar-refractivity contribution in [1.82, 2.24) is 9.80 Å². The van der Waals surface area contributed by atoms with Crippen LogP contribution in [0.4, 0.5) is 0 Å². The Hall–Kier alpha value is -1.59. The number of hydrogen-bond acceptors (Lipinski definition) is 4.